The summed E-state index contributed by atoms with van der Waals surface area (Å²) in [5.74, 6) is 1.34. The number of esters is 1. The minimum absolute atomic E-state index is 0.205. The van der Waals surface area contributed by atoms with Crippen molar-refractivity contribution in [3.05, 3.63) is 89.6 Å². The fourth-order valence-electron chi connectivity index (χ4n) is 4.64. The van der Waals surface area contributed by atoms with Crippen LogP contribution < -0.4 is 24.4 Å². The van der Waals surface area contributed by atoms with Crippen LogP contribution >= 0.6 is 11.3 Å². The lowest BCUT2D eigenvalue weighted by Gasteiger charge is -2.24. The Hall–Kier alpha value is -3.65. The van der Waals surface area contributed by atoms with Crippen molar-refractivity contribution in [1.29, 1.82) is 0 Å². The predicted molar refractivity (Wildman–Crippen MR) is 150 cm³/mol. The van der Waals surface area contributed by atoms with E-state index < -0.39 is 12.0 Å². The number of rotatable bonds is 8. The molecule has 1 aliphatic heterocycles. The number of allylic oxidation sites excluding steroid dienone is 1. The highest BCUT2D eigenvalue weighted by Gasteiger charge is 2.33. The predicted octanol–water partition coefficient (Wildman–Crippen LogP) is 4.64. The number of aromatic nitrogens is 1. The molecule has 38 heavy (non-hydrogen) atoms. The lowest BCUT2D eigenvalue weighted by Crippen LogP contribution is -2.39. The van der Waals surface area contributed by atoms with E-state index >= 15 is 0 Å². The Bertz CT molecular complexity index is 1560. The van der Waals surface area contributed by atoms with Crippen molar-refractivity contribution in [3.8, 4) is 11.5 Å². The number of thiazole rings is 1. The fraction of sp³-hybridized carbons (Fsp3) is 0.367. The van der Waals surface area contributed by atoms with Gasteiger partial charge < -0.3 is 14.2 Å². The fourth-order valence-corrected chi connectivity index (χ4v) is 5.67. The minimum atomic E-state index is -0.661. The molecule has 200 valence electrons. The molecule has 0 amide bonds. The summed E-state index contributed by atoms with van der Waals surface area (Å²) < 4.78 is 18.7. The van der Waals surface area contributed by atoms with E-state index in [9.17, 15) is 9.59 Å². The molecule has 0 unspecified atom stereocenters. The number of ether oxygens (including phenoxy) is 3. The summed E-state index contributed by atoms with van der Waals surface area (Å²) in [6.45, 7) is 12.6. The second-order valence-electron chi connectivity index (χ2n) is 9.41. The molecule has 0 radical (unpaired) electrons. The van der Waals surface area contributed by atoms with Gasteiger partial charge in [-0.25, -0.2) is 9.79 Å². The first-order valence-electron chi connectivity index (χ1n) is 12.8. The zero-order valence-corrected chi connectivity index (χ0v) is 23.8. The topological polar surface area (TPSA) is 79.1 Å². The molecule has 1 aromatic heterocycles. The molecule has 2 aromatic carbocycles. The SMILES string of the molecule is CCOC(=O)C1=C(C)N=c2s/c(=C\c3cc(C(C)C)c(OCC)cc3C)c(=O)n2[C@@H]1c1ccc(OC)cc1. The third-order valence-electron chi connectivity index (χ3n) is 6.56. The number of hydrogen-bond acceptors (Lipinski definition) is 7. The van der Waals surface area contributed by atoms with E-state index in [0.717, 1.165) is 28.0 Å². The van der Waals surface area contributed by atoms with Crippen LogP contribution in [-0.2, 0) is 9.53 Å². The average Bonchev–Trinajstić information content (AvgIpc) is 3.19. The van der Waals surface area contributed by atoms with Crippen molar-refractivity contribution >= 4 is 23.4 Å². The molecule has 0 bridgehead atoms. The summed E-state index contributed by atoms with van der Waals surface area (Å²) >= 11 is 1.32. The van der Waals surface area contributed by atoms with Crippen molar-refractivity contribution < 1.29 is 19.0 Å². The highest BCUT2D eigenvalue weighted by molar-refractivity contribution is 7.07. The number of carbonyl (C=O) groups is 1. The number of benzene rings is 2. The third kappa shape index (κ3) is 5.18. The zero-order chi connectivity index (χ0) is 27.6. The van der Waals surface area contributed by atoms with Gasteiger partial charge in [-0.05, 0) is 86.2 Å². The number of carbonyl (C=O) groups excluding carboxylic acids is 1. The van der Waals surface area contributed by atoms with Gasteiger partial charge in [0.25, 0.3) is 5.56 Å². The van der Waals surface area contributed by atoms with E-state index in [1.54, 1.807) is 25.5 Å². The second kappa shape index (κ2) is 11.4. The van der Waals surface area contributed by atoms with Crippen molar-refractivity contribution in [2.45, 2.75) is 53.5 Å². The Balaban J connectivity index is 1.93. The molecule has 0 N–H and O–H groups in total. The quantitative estimate of drug-likeness (QED) is 0.394. The van der Waals surface area contributed by atoms with Gasteiger partial charge in [-0.15, -0.1) is 0 Å². The van der Waals surface area contributed by atoms with Crippen LogP contribution in [0.1, 0.15) is 68.8 Å². The minimum Gasteiger partial charge on any atom is -0.497 e. The van der Waals surface area contributed by atoms with E-state index in [-0.39, 0.29) is 18.1 Å². The first-order valence-corrected chi connectivity index (χ1v) is 13.6. The van der Waals surface area contributed by atoms with Gasteiger partial charge in [-0.1, -0.05) is 37.3 Å². The second-order valence-corrected chi connectivity index (χ2v) is 10.4. The molecule has 0 saturated heterocycles. The molecule has 3 aromatic rings. The lowest BCUT2D eigenvalue weighted by molar-refractivity contribution is -0.139. The summed E-state index contributed by atoms with van der Waals surface area (Å²) in [6.07, 6.45) is 1.91. The van der Waals surface area contributed by atoms with Gasteiger partial charge in [0.2, 0.25) is 0 Å². The normalized spacial score (nSPS) is 15.4. The van der Waals surface area contributed by atoms with Crippen LogP contribution in [0.2, 0.25) is 0 Å². The molecule has 1 aliphatic rings. The summed E-state index contributed by atoms with van der Waals surface area (Å²) in [5.41, 5.74) is 4.52. The van der Waals surface area contributed by atoms with E-state index in [0.29, 0.717) is 33.0 Å². The molecule has 0 aliphatic carbocycles. The van der Waals surface area contributed by atoms with Gasteiger partial charge in [0.15, 0.2) is 4.80 Å². The number of fused-ring (bicyclic) bond motifs is 1. The molecular formula is C30H34N2O5S. The molecular weight excluding hydrogens is 500 g/mol. The number of aryl methyl sites for hydroxylation is 1. The van der Waals surface area contributed by atoms with Crippen LogP contribution in [0.3, 0.4) is 0 Å². The Kier molecular flexibility index (Phi) is 8.21. The van der Waals surface area contributed by atoms with Crippen molar-refractivity contribution in [3.63, 3.8) is 0 Å². The molecule has 2 heterocycles. The number of hydrogen-bond donors (Lipinski definition) is 0. The molecule has 0 saturated carbocycles. The molecule has 0 fully saturated rings. The Morgan fingerprint density at radius 3 is 2.45 bits per heavy atom. The van der Waals surface area contributed by atoms with Gasteiger partial charge >= 0.3 is 5.97 Å². The average molecular weight is 535 g/mol. The summed E-state index contributed by atoms with van der Waals surface area (Å²) in [5, 5.41) is 0. The van der Waals surface area contributed by atoms with E-state index in [1.807, 2.05) is 50.3 Å². The Labute approximate surface area is 226 Å². The maximum Gasteiger partial charge on any atom is 0.338 e. The van der Waals surface area contributed by atoms with Gasteiger partial charge in [0.05, 0.1) is 42.2 Å². The Morgan fingerprint density at radius 2 is 1.84 bits per heavy atom. The van der Waals surface area contributed by atoms with Crippen molar-refractivity contribution in [2.24, 2.45) is 4.99 Å². The highest BCUT2D eigenvalue weighted by Crippen LogP contribution is 2.32. The van der Waals surface area contributed by atoms with E-state index in [1.165, 1.54) is 11.3 Å². The highest BCUT2D eigenvalue weighted by atomic mass is 32.1. The molecule has 7 nitrogen and oxygen atoms in total. The lowest BCUT2D eigenvalue weighted by atomic mass is 9.95. The van der Waals surface area contributed by atoms with Crippen LogP contribution in [0, 0.1) is 6.92 Å². The largest absolute Gasteiger partial charge is 0.497 e. The number of methoxy groups -OCH3 is 1. The first kappa shape index (κ1) is 27.4. The molecule has 1 atom stereocenters. The van der Waals surface area contributed by atoms with Crippen LogP contribution in [0.4, 0.5) is 0 Å². The first-order chi connectivity index (χ1) is 18.2. The van der Waals surface area contributed by atoms with Gasteiger partial charge in [-0.2, -0.15) is 0 Å². The van der Waals surface area contributed by atoms with Crippen LogP contribution in [0.25, 0.3) is 6.08 Å². The molecule has 8 heteroatoms. The smallest absolute Gasteiger partial charge is 0.338 e. The maximum absolute atomic E-state index is 13.9. The zero-order valence-electron chi connectivity index (χ0n) is 23.0. The molecule has 0 spiro atoms. The van der Waals surface area contributed by atoms with E-state index in [2.05, 4.69) is 24.9 Å². The molecule has 4 rings (SSSR count). The maximum atomic E-state index is 13.9. The van der Waals surface area contributed by atoms with Gasteiger partial charge in [0, 0.05) is 0 Å². The van der Waals surface area contributed by atoms with Gasteiger partial charge in [-0.3, -0.25) is 9.36 Å². The van der Waals surface area contributed by atoms with Gasteiger partial charge in [0.1, 0.15) is 11.5 Å². The Morgan fingerprint density at radius 1 is 1.13 bits per heavy atom. The monoisotopic (exact) mass is 534 g/mol. The van der Waals surface area contributed by atoms with Crippen LogP contribution in [0.15, 0.2) is 57.5 Å². The number of nitrogens with zero attached hydrogens (tertiary/aromatic N) is 2. The van der Waals surface area contributed by atoms with E-state index in [4.69, 9.17) is 14.2 Å². The van der Waals surface area contributed by atoms with Crippen molar-refractivity contribution in [1.82, 2.24) is 4.57 Å². The van der Waals surface area contributed by atoms with Crippen LogP contribution in [-0.4, -0.2) is 30.9 Å². The standard InChI is InChI=1S/C30H34N2O5S/c1-8-36-24-14-18(5)21(15-23(24)17(3)4)16-25-28(33)32-27(20-10-12-22(35-7)13-11-20)26(29(34)37-9-2)19(6)31-30(32)38-25/h10-17,27H,8-9H2,1-7H3/b25-16-/t27-/m1/s1. The third-order valence-corrected chi connectivity index (χ3v) is 7.54. The summed E-state index contributed by atoms with van der Waals surface area (Å²) in [7, 11) is 1.60. The summed E-state index contributed by atoms with van der Waals surface area (Å²) in [4.78, 5) is 32.2. The summed E-state index contributed by atoms with van der Waals surface area (Å²) in [6, 6.07) is 10.8. The van der Waals surface area contributed by atoms with Crippen molar-refractivity contribution in [2.75, 3.05) is 20.3 Å². The van der Waals surface area contributed by atoms with Crippen LogP contribution in [0.5, 0.6) is 11.5 Å².